The molecule has 0 aliphatic heterocycles. The Balaban J connectivity index is 1.73. The molecule has 1 aromatic rings. The van der Waals surface area contributed by atoms with Crippen LogP contribution in [-0.2, 0) is 4.79 Å². The molecule has 1 aliphatic rings. The Labute approximate surface area is 118 Å². The zero-order valence-electron chi connectivity index (χ0n) is 11.6. The summed E-state index contributed by atoms with van der Waals surface area (Å²) < 4.78 is 18.4. The number of ether oxygens (including phenoxy) is 1. The first kappa shape index (κ1) is 14.8. The predicted molar refractivity (Wildman–Crippen MR) is 74.8 cm³/mol. The fraction of sp³-hybridized carbons (Fsp3) is 0.533. The van der Waals surface area contributed by atoms with Gasteiger partial charge in [0.25, 0.3) is 0 Å². The number of carbonyl (C=O) groups is 1. The molecule has 110 valence electrons. The molecule has 0 saturated heterocycles. The first-order valence-electron chi connectivity index (χ1n) is 7.00. The molecule has 3 atom stereocenters. The molecule has 20 heavy (non-hydrogen) atoms. The largest absolute Gasteiger partial charge is 0.489 e. The number of nitrogens with two attached hydrogens (primary N) is 1. The fourth-order valence-corrected chi connectivity index (χ4v) is 2.43. The predicted octanol–water partition coefficient (Wildman–Crippen LogP) is 1.84. The molecule has 1 fully saturated rings. The summed E-state index contributed by atoms with van der Waals surface area (Å²) >= 11 is 0. The first-order chi connectivity index (χ1) is 9.54. The molecule has 3 N–H and O–H groups in total. The third-order valence-corrected chi connectivity index (χ3v) is 3.56. The molecule has 0 spiro atoms. The van der Waals surface area contributed by atoms with Gasteiger partial charge in [0.1, 0.15) is 17.7 Å². The van der Waals surface area contributed by atoms with E-state index in [2.05, 4.69) is 5.32 Å². The summed E-state index contributed by atoms with van der Waals surface area (Å²) in [6.45, 7) is 2.30. The molecule has 1 saturated carbocycles. The van der Waals surface area contributed by atoms with Gasteiger partial charge in [-0.3, -0.25) is 4.79 Å². The smallest absolute Gasteiger partial charge is 0.223 e. The van der Waals surface area contributed by atoms with Crippen molar-refractivity contribution in [2.75, 3.05) is 6.54 Å². The zero-order chi connectivity index (χ0) is 14.5. The van der Waals surface area contributed by atoms with Gasteiger partial charge < -0.3 is 15.8 Å². The number of benzene rings is 1. The second-order valence-electron chi connectivity index (χ2n) is 5.40. The van der Waals surface area contributed by atoms with Gasteiger partial charge in [0.15, 0.2) is 0 Å². The molecule has 4 nitrogen and oxygen atoms in total. The molecule has 0 heterocycles. The van der Waals surface area contributed by atoms with Crippen LogP contribution in [0.3, 0.4) is 0 Å². The van der Waals surface area contributed by atoms with Gasteiger partial charge in [-0.1, -0.05) is 0 Å². The number of hydrogen-bond acceptors (Lipinski definition) is 3. The molecular formula is C15H21FN2O2. The maximum atomic E-state index is 12.8. The van der Waals surface area contributed by atoms with Gasteiger partial charge in [0.05, 0.1) is 6.54 Å². The van der Waals surface area contributed by atoms with Crippen LogP contribution in [0.2, 0.25) is 0 Å². The molecule has 1 aliphatic carbocycles. The van der Waals surface area contributed by atoms with Crippen molar-refractivity contribution in [3.63, 3.8) is 0 Å². The van der Waals surface area contributed by atoms with E-state index in [0.717, 1.165) is 19.3 Å². The Kier molecular flexibility index (Phi) is 4.95. The van der Waals surface area contributed by atoms with Crippen molar-refractivity contribution in [3.05, 3.63) is 30.1 Å². The highest BCUT2D eigenvalue weighted by atomic mass is 19.1. The summed E-state index contributed by atoms with van der Waals surface area (Å²) in [4.78, 5) is 11.9. The molecule has 5 heteroatoms. The topological polar surface area (TPSA) is 64.4 Å². The van der Waals surface area contributed by atoms with E-state index in [9.17, 15) is 9.18 Å². The minimum Gasteiger partial charge on any atom is -0.489 e. The van der Waals surface area contributed by atoms with Crippen LogP contribution in [0.25, 0.3) is 0 Å². The average Bonchev–Trinajstić information content (AvgIpc) is 2.85. The van der Waals surface area contributed by atoms with Gasteiger partial charge in [-0.05, 0) is 50.5 Å². The van der Waals surface area contributed by atoms with Crippen molar-refractivity contribution in [2.45, 2.75) is 38.3 Å². The van der Waals surface area contributed by atoms with Crippen molar-refractivity contribution in [1.82, 2.24) is 5.32 Å². The maximum absolute atomic E-state index is 12.8. The second-order valence-corrected chi connectivity index (χ2v) is 5.40. The Morgan fingerprint density at radius 3 is 2.75 bits per heavy atom. The summed E-state index contributed by atoms with van der Waals surface area (Å²) in [5.74, 6) is 0.377. The van der Waals surface area contributed by atoms with E-state index in [0.29, 0.717) is 12.3 Å². The molecular weight excluding hydrogens is 259 g/mol. The van der Waals surface area contributed by atoms with Crippen molar-refractivity contribution in [2.24, 2.45) is 11.7 Å². The maximum Gasteiger partial charge on any atom is 0.223 e. The van der Waals surface area contributed by atoms with E-state index < -0.39 is 0 Å². The molecule has 2 rings (SSSR count). The van der Waals surface area contributed by atoms with Crippen LogP contribution in [0.15, 0.2) is 24.3 Å². The minimum atomic E-state index is -0.295. The molecule has 1 amide bonds. The summed E-state index contributed by atoms with van der Waals surface area (Å²) in [6, 6.07) is 5.99. The number of hydrogen-bond donors (Lipinski definition) is 2. The standard InChI is InChI=1S/C15H21FN2O2/c1-10(20-14-6-3-12(16)4-7-14)9-18-15(19)11-2-5-13(17)8-11/h3-4,6-7,10-11,13H,2,5,8-9,17H2,1H3,(H,18,19). The Morgan fingerprint density at radius 1 is 1.45 bits per heavy atom. The number of carbonyl (C=O) groups excluding carboxylic acids is 1. The van der Waals surface area contributed by atoms with Gasteiger partial charge >= 0.3 is 0 Å². The van der Waals surface area contributed by atoms with E-state index in [4.69, 9.17) is 10.5 Å². The van der Waals surface area contributed by atoms with Gasteiger partial charge in [0, 0.05) is 12.0 Å². The summed E-state index contributed by atoms with van der Waals surface area (Å²) in [6.07, 6.45) is 2.37. The number of nitrogens with one attached hydrogen (secondary N) is 1. The zero-order valence-corrected chi connectivity index (χ0v) is 11.6. The molecule has 0 aromatic heterocycles. The van der Waals surface area contributed by atoms with Crippen molar-refractivity contribution in [1.29, 1.82) is 0 Å². The number of halogens is 1. The molecule has 1 aromatic carbocycles. The summed E-state index contributed by atoms with van der Waals surface area (Å²) in [5.41, 5.74) is 5.80. The Hall–Kier alpha value is -1.62. The third kappa shape index (κ3) is 4.20. The fourth-order valence-electron chi connectivity index (χ4n) is 2.43. The average molecular weight is 280 g/mol. The van der Waals surface area contributed by atoms with Crippen LogP contribution in [0.4, 0.5) is 4.39 Å². The number of amides is 1. The van der Waals surface area contributed by atoms with Gasteiger partial charge in [-0.25, -0.2) is 4.39 Å². The molecule has 0 radical (unpaired) electrons. The van der Waals surface area contributed by atoms with E-state index >= 15 is 0 Å². The molecule has 0 bridgehead atoms. The van der Waals surface area contributed by atoms with E-state index in [1.165, 1.54) is 12.1 Å². The lowest BCUT2D eigenvalue weighted by atomic mass is 10.1. The first-order valence-corrected chi connectivity index (χ1v) is 7.00. The SMILES string of the molecule is CC(CNC(=O)C1CCC(N)C1)Oc1ccc(F)cc1. The normalized spacial score (nSPS) is 23.4. The lowest BCUT2D eigenvalue weighted by Gasteiger charge is -2.17. The summed E-state index contributed by atoms with van der Waals surface area (Å²) in [5, 5.41) is 2.88. The highest BCUT2D eigenvalue weighted by molar-refractivity contribution is 5.79. The van der Waals surface area contributed by atoms with Crippen LogP contribution in [0, 0.1) is 11.7 Å². The Morgan fingerprint density at radius 2 is 2.15 bits per heavy atom. The Bertz CT molecular complexity index is 450. The van der Waals surface area contributed by atoms with Crippen molar-refractivity contribution < 1.29 is 13.9 Å². The third-order valence-electron chi connectivity index (χ3n) is 3.56. The quantitative estimate of drug-likeness (QED) is 0.865. The van der Waals surface area contributed by atoms with E-state index in [1.807, 2.05) is 6.92 Å². The van der Waals surface area contributed by atoms with E-state index in [-0.39, 0.29) is 29.8 Å². The van der Waals surface area contributed by atoms with Crippen molar-refractivity contribution >= 4 is 5.91 Å². The highest BCUT2D eigenvalue weighted by Gasteiger charge is 2.27. The lowest BCUT2D eigenvalue weighted by Crippen LogP contribution is -2.37. The van der Waals surface area contributed by atoms with Crippen LogP contribution in [0.1, 0.15) is 26.2 Å². The van der Waals surface area contributed by atoms with Gasteiger partial charge in [0.2, 0.25) is 5.91 Å². The monoisotopic (exact) mass is 280 g/mol. The highest BCUT2D eigenvalue weighted by Crippen LogP contribution is 2.24. The second kappa shape index (κ2) is 6.70. The lowest BCUT2D eigenvalue weighted by molar-refractivity contribution is -0.125. The molecule has 3 unspecified atom stereocenters. The van der Waals surface area contributed by atoms with Crippen LogP contribution < -0.4 is 15.8 Å². The van der Waals surface area contributed by atoms with Crippen LogP contribution >= 0.6 is 0 Å². The number of rotatable bonds is 5. The summed E-state index contributed by atoms with van der Waals surface area (Å²) in [7, 11) is 0. The minimum absolute atomic E-state index is 0.0306. The van der Waals surface area contributed by atoms with E-state index in [1.54, 1.807) is 12.1 Å². The van der Waals surface area contributed by atoms with Gasteiger partial charge in [-0.15, -0.1) is 0 Å². The van der Waals surface area contributed by atoms with Gasteiger partial charge in [-0.2, -0.15) is 0 Å². The van der Waals surface area contributed by atoms with Crippen molar-refractivity contribution in [3.8, 4) is 5.75 Å². The van der Waals surface area contributed by atoms with Crippen LogP contribution in [0.5, 0.6) is 5.75 Å². The van der Waals surface area contributed by atoms with Crippen LogP contribution in [-0.4, -0.2) is 24.6 Å².